The van der Waals surface area contributed by atoms with Crippen molar-refractivity contribution in [1.29, 1.82) is 0 Å². The molecule has 0 aromatic heterocycles. The van der Waals surface area contributed by atoms with Gasteiger partial charge in [-0.2, -0.15) is 0 Å². The van der Waals surface area contributed by atoms with Gasteiger partial charge >= 0.3 is 7.60 Å². The monoisotopic (exact) mass is 231 g/mol. The fraction of sp³-hybridized carbons (Fsp3) is 0.333. The zero-order valence-corrected chi connectivity index (χ0v) is 9.06. The lowest BCUT2D eigenvalue weighted by Crippen LogP contribution is -2.02. The molecule has 0 aliphatic rings. The second-order valence-corrected chi connectivity index (χ2v) is 4.71. The smallest absolute Gasteiger partial charge is 0.362 e. The highest BCUT2D eigenvalue weighted by Crippen LogP contribution is 2.34. The maximum Gasteiger partial charge on any atom is 0.362 e. The van der Waals surface area contributed by atoms with Gasteiger partial charge in [-0.25, -0.2) is 0 Å². The van der Waals surface area contributed by atoms with E-state index in [2.05, 4.69) is 0 Å². The number of benzene rings is 1. The number of hydrogen-bond acceptors (Lipinski definition) is 3. The van der Waals surface area contributed by atoms with E-state index in [1.165, 1.54) is 0 Å². The Labute approximate surface area is 88.0 Å². The molecule has 6 heteroatoms. The predicted molar refractivity (Wildman–Crippen MR) is 56.7 cm³/mol. The Morgan fingerprint density at radius 2 is 1.87 bits per heavy atom. The Bertz CT molecular complexity index is 346. The van der Waals surface area contributed by atoms with Crippen LogP contribution in [0.3, 0.4) is 0 Å². The molecular formula is C9H14NO4P. The van der Waals surface area contributed by atoms with Crippen LogP contribution in [0.2, 0.25) is 0 Å². The van der Waals surface area contributed by atoms with Gasteiger partial charge in [-0.15, -0.1) is 0 Å². The molecule has 84 valence electrons. The first-order valence-electron chi connectivity index (χ1n) is 4.47. The molecule has 0 heterocycles. The third-order valence-electron chi connectivity index (χ3n) is 1.76. The van der Waals surface area contributed by atoms with E-state index in [1.807, 2.05) is 12.1 Å². The zero-order valence-electron chi connectivity index (χ0n) is 8.17. The Balaban J connectivity index is 2.53. The van der Waals surface area contributed by atoms with Crippen LogP contribution in [0.5, 0.6) is 5.75 Å². The number of hydrogen-bond donors (Lipinski definition) is 3. The molecule has 0 aliphatic carbocycles. The molecule has 0 aliphatic heterocycles. The molecule has 0 radical (unpaired) electrons. The molecule has 0 fully saturated rings. The van der Waals surface area contributed by atoms with E-state index in [9.17, 15) is 4.57 Å². The van der Waals surface area contributed by atoms with Crippen LogP contribution in [0.15, 0.2) is 24.3 Å². The lowest BCUT2D eigenvalue weighted by Gasteiger charge is -2.07. The predicted octanol–water partition coefficient (Wildman–Crippen LogP) is 0.702. The van der Waals surface area contributed by atoms with E-state index in [4.69, 9.17) is 20.3 Å². The first kappa shape index (κ1) is 12.2. The van der Waals surface area contributed by atoms with Gasteiger partial charge in [-0.05, 0) is 30.7 Å². The summed E-state index contributed by atoms with van der Waals surface area (Å²) < 4.78 is 15.4. The summed E-state index contributed by atoms with van der Waals surface area (Å²) in [5.41, 5.74) is 6.45. The van der Waals surface area contributed by atoms with Crippen molar-refractivity contribution >= 4 is 7.60 Å². The van der Waals surface area contributed by atoms with Gasteiger partial charge in [0.15, 0.2) is 6.35 Å². The van der Waals surface area contributed by atoms with Crippen molar-refractivity contribution in [3.05, 3.63) is 29.8 Å². The second-order valence-electron chi connectivity index (χ2n) is 3.12. The van der Waals surface area contributed by atoms with E-state index in [0.717, 1.165) is 12.0 Å². The third kappa shape index (κ3) is 4.95. The highest BCUT2D eigenvalue weighted by Gasteiger charge is 2.13. The van der Waals surface area contributed by atoms with Crippen molar-refractivity contribution in [2.45, 2.75) is 6.42 Å². The van der Waals surface area contributed by atoms with Crippen LogP contribution < -0.4 is 10.5 Å². The van der Waals surface area contributed by atoms with Crippen molar-refractivity contribution in [3.8, 4) is 5.75 Å². The number of ether oxygens (including phenoxy) is 1. The van der Waals surface area contributed by atoms with Crippen molar-refractivity contribution in [3.63, 3.8) is 0 Å². The zero-order chi connectivity index (χ0) is 11.3. The van der Waals surface area contributed by atoms with Crippen molar-refractivity contribution < 1.29 is 19.1 Å². The Kier molecular flexibility index (Phi) is 4.29. The van der Waals surface area contributed by atoms with Crippen molar-refractivity contribution in [2.75, 3.05) is 12.9 Å². The summed E-state index contributed by atoms with van der Waals surface area (Å²) in [6, 6.07) is 6.98. The Morgan fingerprint density at radius 3 is 2.33 bits per heavy atom. The summed E-state index contributed by atoms with van der Waals surface area (Å²) in [4.78, 5) is 17.2. The maximum absolute atomic E-state index is 10.5. The van der Waals surface area contributed by atoms with Crippen LogP contribution in [-0.2, 0) is 11.0 Å². The van der Waals surface area contributed by atoms with Crippen LogP contribution >= 0.6 is 7.60 Å². The fourth-order valence-corrected chi connectivity index (χ4v) is 1.39. The topological polar surface area (TPSA) is 92.8 Å². The quantitative estimate of drug-likeness (QED) is 0.649. The van der Waals surface area contributed by atoms with E-state index in [1.54, 1.807) is 12.1 Å². The van der Waals surface area contributed by atoms with E-state index < -0.39 is 13.9 Å². The van der Waals surface area contributed by atoms with Crippen molar-refractivity contribution in [2.24, 2.45) is 5.73 Å². The molecule has 1 aromatic carbocycles. The molecule has 1 aromatic rings. The Morgan fingerprint density at radius 1 is 1.27 bits per heavy atom. The summed E-state index contributed by atoms with van der Waals surface area (Å²) in [7, 11) is -4.10. The molecule has 0 unspecified atom stereocenters. The maximum atomic E-state index is 10.5. The van der Waals surface area contributed by atoms with Crippen LogP contribution in [0.1, 0.15) is 5.56 Å². The molecule has 15 heavy (non-hydrogen) atoms. The van der Waals surface area contributed by atoms with Crippen LogP contribution in [0.25, 0.3) is 0 Å². The van der Waals surface area contributed by atoms with Gasteiger partial charge in [-0.1, -0.05) is 12.1 Å². The van der Waals surface area contributed by atoms with Gasteiger partial charge in [0.05, 0.1) is 0 Å². The molecule has 5 nitrogen and oxygen atoms in total. The summed E-state index contributed by atoms with van der Waals surface area (Å²) in [6.07, 6.45) is 0.183. The fourth-order valence-electron chi connectivity index (χ4n) is 1.08. The summed E-state index contributed by atoms with van der Waals surface area (Å²) >= 11 is 0. The number of nitrogens with two attached hydrogens (primary N) is 1. The first-order chi connectivity index (χ1) is 7.01. The number of rotatable bonds is 5. The standard InChI is InChI=1S/C9H14NO4P/c10-6-5-8-1-3-9(4-2-8)14-7-15(11,12)13/h1-4H,5-7,10H2,(H2,11,12,13). The molecule has 0 amide bonds. The van der Waals surface area contributed by atoms with E-state index in [-0.39, 0.29) is 0 Å². The van der Waals surface area contributed by atoms with Gasteiger partial charge in [0.1, 0.15) is 5.75 Å². The molecule has 0 bridgehead atoms. The molecular weight excluding hydrogens is 217 g/mol. The second kappa shape index (κ2) is 5.28. The minimum Gasteiger partial charge on any atom is -0.481 e. The molecule has 0 atom stereocenters. The van der Waals surface area contributed by atoms with E-state index >= 15 is 0 Å². The van der Waals surface area contributed by atoms with Gasteiger partial charge in [0.2, 0.25) is 0 Å². The minimum atomic E-state index is -4.10. The molecule has 1 rings (SSSR count). The summed E-state index contributed by atoms with van der Waals surface area (Å²) in [5.74, 6) is 0.444. The van der Waals surface area contributed by atoms with Crippen LogP contribution in [0.4, 0.5) is 0 Å². The highest BCUT2D eigenvalue weighted by molar-refractivity contribution is 7.51. The van der Waals surface area contributed by atoms with Gasteiger partial charge < -0.3 is 20.3 Å². The lowest BCUT2D eigenvalue weighted by atomic mass is 10.1. The van der Waals surface area contributed by atoms with Gasteiger partial charge in [0.25, 0.3) is 0 Å². The largest absolute Gasteiger partial charge is 0.481 e. The molecule has 0 saturated carbocycles. The molecule has 4 N–H and O–H groups in total. The average molecular weight is 231 g/mol. The van der Waals surface area contributed by atoms with E-state index in [0.29, 0.717) is 12.3 Å². The Hall–Kier alpha value is -0.870. The average Bonchev–Trinajstić information content (AvgIpc) is 2.16. The molecule has 0 spiro atoms. The highest BCUT2D eigenvalue weighted by atomic mass is 31.2. The van der Waals surface area contributed by atoms with Gasteiger partial charge in [0, 0.05) is 0 Å². The minimum absolute atomic E-state index is 0.444. The van der Waals surface area contributed by atoms with Crippen LogP contribution in [0, 0.1) is 0 Å². The van der Waals surface area contributed by atoms with Crippen molar-refractivity contribution in [1.82, 2.24) is 0 Å². The first-order valence-corrected chi connectivity index (χ1v) is 6.27. The summed E-state index contributed by atoms with van der Waals surface area (Å²) in [5, 5.41) is 0. The normalized spacial score (nSPS) is 11.4. The lowest BCUT2D eigenvalue weighted by molar-refractivity contribution is 0.300. The van der Waals surface area contributed by atoms with Crippen LogP contribution in [-0.4, -0.2) is 22.7 Å². The van der Waals surface area contributed by atoms with Gasteiger partial charge in [-0.3, -0.25) is 4.57 Å². The SMILES string of the molecule is NCCc1ccc(OCP(=O)(O)O)cc1. The summed E-state index contributed by atoms with van der Waals surface area (Å²) in [6.45, 7) is 0.572. The third-order valence-corrected chi connectivity index (χ3v) is 2.22. The molecule has 0 saturated heterocycles.